The molecule has 3 heteroatoms. The number of carbonyl (C=O) groups excluding carboxylic acids is 1. The maximum atomic E-state index is 12.8. The van der Waals surface area contributed by atoms with E-state index in [1.54, 1.807) is 0 Å². The Bertz CT molecular complexity index is 303. The monoisotopic (exact) mass is 266 g/mol. The summed E-state index contributed by atoms with van der Waals surface area (Å²) in [6, 6.07) is 0.820. The van der Waals surface area contributed by atoms with E-state index in [9.17, 15) is 4.79 Å². The second-order valence-electron chi connectivity index (χ2n) is 6.63. The number of likely N-dealkylation sites (tertiary alicyclic amines) is 1. The molecule has 1 heterocycles. The molecule has 1 aliphatic heterocycles. The van der Waals surface area contributed by atoms with Crippen LogP contribution in [0.1, 0.15) is 65.2 Å². The first-order valence-corrected chi connectivity index (χ1v) is 8.19. The van der Waals surface area contributed by atoms with Gasteiger partial charge in [-0.25, -0.2) is 0 Å². The Morgan fingerprint density at radius 3 is 2.74 bits per heavy atom. The molecule has 0 radical (unpaired) electrons. The van der Waals surface area contributed by atoms with Crippen molar-refractivity contribution >= 4 is 5.91 Å². The first kappa shape index (κ1) is 14.8. The molecular formula is C16H30N2O. The van der Waals surface area contributed by atoms with Crippen molar-refractivity contribution in [3.8, 4) is 0 Å². The average Bonchev–Trinajstić information content (AvgIpc) is 2.39. The number of nitrogens with zero attached hydrogens (tertiary/aromatic N) is 1. The molecule has 1 saturated heterocycles. The van der Waals surface area contributed by atoms with Gasteiger partial charge in [-0.05, 0) is 50.9 Å². The van der Waals surface area contributed by atoms with Crippen molar-refractivity contribution in [2.75, 3.05) is 6.54 Å². The van der Waals surface area contributed by atoms with E-state index in [-0.39, 0.29) is 5.92 Å². The maximum absolute atomic E-state index is 12.8. The molecule has 3 nitrogen and oxygen atoms in total. The highest BCUT2D eigenvalue weighted by Gasteiger charge is 2.36. The highest BCUT2D eigenvalue weighted by Crippen LogP contribution is 2.33. The fourth-order valence-corrected chi connectivity index (χ4v) is 3.94. The van der Waals surface area contributed by atoms with Crippen molar-refractivity contribution < 1.29 is 4.79 Å². The van der Waals surface area contributed by atoms with Crippen LogP contribution in [0.5, 0.6) is 0 Å². The average molecular weight is 266 g/mol. The maximum Gasteiger partial charge on any atom is 0.226 e. The zero-order valence-electron chi connectivity index (χ0n) is 12.6. The molecule has 1 aliphatic carbocycles. The molecule has 2 N–H and O–H groups in total. The number of nitrogens with two attached hydrogens (primary N) is 1. The van der Waals surface area contributed by atoms with E-state index in [0.717, 1.165) is 25.8 Å². The van der Waals surface area contributed by atoms with Gasteiger partial charge >= 0.3 is 0 Å². The predicted molar refractivity (Wildman–Crippen MR) is 78.7 cm³/mol. The predicted octanol–water partition coefficient (Wildman–Crippen LogP) is 2.93. The summed E-state index contributed by atoms with van der Waals surface area (Å²) in [6.45, 7) is 5.42. The minimum absolute atomic E-state index is 0.234. The fourth-order valence-electron chi connectivity index (χ4n) is 3.94. The van der Waals surface area contributed by atoms with Gasteiger partial charge in [0.1, 0.15) is 0 Å². The van der Waals surface area contributed by atoms with E-state index in [1.807, 2.05) is 0 Å². The van der Waals surface area contributed by atoms with Crippen LogP contribution in [0.2, 0.25) is 0 Å². The number of rotatable bonds is 3. The molecule has 0 aromatic rings. The Balaban J connectivity index is 2.00. The lowest BCUT2D eigenvalue weighted by Crippen LogP contribution is -2.49. The fraction of sp³-hybridized carbons (Fsp3) is 0.938. The van der Waals surface area contributed by atoms with Gasteiger partial charge in [0.05, 0.1) is 0 Å². The van der Waals surface area contributed by atoms with Crippen molar-refractivity contribution in [3.63, 3.8) is 0 Å². The summed E-state index contributed by atoms with van der Waals surface area (Å²) >= 11 is 0. The Morgan fingerprint density at radius 1 is 1.26 bits per heavy atom. The standard InChI is InChI=1S/C16H30N2O/c1-3-6-14-7-4-5-10-18(14)16(19)15-9-8-13(17)11-12(15)2/h12-15H,3-11,17H2,1-2H3. The Hall–Kier alpha value is -0.570. The van der Waals surface area contributed by atoms with Crippen molar-refractivity contribution in [3.05, 3.63) is 0 Å². The molecule has 1 saturated carbocycles. The molecule has 2 aliphatic rings. The van der Waals surface area contributed by atoms with Crippen LogP contribution < -0.4 is 5.73 Å². The number of amides is 1. The minimum atomic E-state index is 0.234. The smallest absolute Gasteiger partial charge is 0.226 e. The van der Waals surface area contributed by atoms with Crippen LogP contribution in [-0.2, 0) is 4.79 Å². The highest BCUT2D eigenvalue weighted by atomic mass is 16.2. The molecule has 4 unspecified atom stereocenters. The molecule has 0 aromatic heterocycles. The van der Waals surface area contributed by atoms with Crippen molar-refractivity contribution in [2.45, 2.75) is 77.3 Å². The minimum Gasteiger partial charge on any atom is -0.339 e. The molecule has 2 rings (SSSR count). The molecule has 0 bridgehead atoms. The molecule has 1 amide bonds. The third kappa shape index (κ3) is 3.50. The lowest BCUT2D eigenvalue weighted by molar-refractivity contribution is -0.142. The molecule has 19 heavy (non-hydrogen) atoms. The second kappa shape index (κ2) is 6.74. The Morgan fingerprint density at radius 2 is 2.05 bits per heavy atom. The van der Waals surface area contributed by atoms with E-state index in [2.05, 4.69) is 18.7 Å². The summed E-state index contributed by atoms with van der Waals surface area (Å²) < 4.78 is 0. The summed E-state index contributed by atoms with van der Waals surface area (Å²) in [5.74, 6) is 1.12. The van der Waals surface area contributed by atoms with E-state index >= 15 is 0 Å². The van der Waals surface area contributed by atoms with Gasteiger partial charge in [-0.3, -0.25) is 4.79 Å². The van der Waals surface area contributed by atoms with Gasteiger partial charge in [-0.1, -0.05) is 20.3 Å². The van der Waals surface area contributed by atoms with Crippen LogP contribution in [0.4, 0.5) is 0 Å². The Kier molecular flexibility index (Phi) is 5.26. The third-order valence-corrected chi connectivity index (χ3v) is 5.06. The van der Waals surface area contributed by atoms with Gasteiger partial charge in [0.25, 0.3) is 0 Å². The zero-order chi connectivity index (χ0) is 13.8. The molecule has 4 atom stereocenters. The summed E-state index contributed by atoms with van der Waals surface area (Å²) in [7, 11) is 0. The van der Waals surface area contributed by atoms with E-state index in [0.29, 0.717) is 23.9 Å². The largest absolute Gasteiger partial charge is 0.339 e. The number of hydrogen-bond donors (Lipinski definition) is 1. The molecule has 0 spiro atoms. The van der Waals surface area contributed by atoms with Crippen LogP contribution in [0, 0.1) is 11.8 Å². The second-order valence-corrected chi connectivity index (χ2v) is 6.63. The van der Waals surface area contributed by atoms with Crippen molar-refractivity contribution in [1.29, 1.82) is 0 Å². The van der Waals surface area contributed by atoms with Crippen LogP contribution in [0.15, 0.2) is 0 Å². The van der Waals surface area contributed by atoms with Gasteiger partial charge in [-0.15, -0.1) is 0 Å². The Labute approximate surface area is 117 Å². The van der Waals surface area contributed by atoms with Crippen molar-refractivity contribution in [2.24, 2.45) is 17.6 Å². The normalized spacial score (nSPS) is 36.3. The third-order valence-electron chi connectivity index (χ3n) is 5.06. The van der Waals surface area contributed by atoms with Crippen molar-refractivity contribution in [1.82, 2.24) is 4.90 Å². The van der Waals surface area contributed by atoms with Crippen LogP contribution in [0.3, 0.4) is 0 Å². The first-order valence-electron chi connectivity index (χ1n) is 8.19. The summed E-state index contributed by atoms with van der Waals surface area (Å²) in [5.41, 5.74) is 6.02. The lowest BCUT2D eigenvalue weighted by Gasteiger charge is -2.41. The van der Waals surface area contributed by atoms with Gasteiger partial charge in [0, 0.05) is 24.5 Å². The van der Waals surface area contributed by atoms with Gasteiger partial charge in [-0.2, -0.15) is 0 Å². The summed E-state index contributed by atoms with van der Waals surface area (Å²) in [6.07, 6.45) is 9.07. The number of piperidine rings is 1. The lowest BCUT2D eigenvalue weighted by atomic mass is 9.77. The molecule has 2 fully saturated rings. The van der Waals surface area contributed by atoms with E-state index in [1.165, 1.54) is 32.1 Å². The van der Waals surface area contributed by atoms with Crippen LogP contribution in [-0.4, -0.2) is 29.4 Å². The van der Waals surface area contributed by atoms with Gasteiger partial charge in [0.15, 0.2) is 0 Å². The topological polar surface area (TPSA) is 46.3 Å². The SMILES string of the molecule is CCCC1CCCCN1C(=O)C1CCC(N)CC1C. The molecule has 110 valence electrons. The van der Waals surface area contributed by atoms with Crippen LogP contribution in [0.25, 0.3) is 0 Å². The first-order chi connectivity index (χ1) is 9.13. The van der Waals surface area contributed by atoms with Crippen LogP contribution >= 0.6 is 0 Å². The number of carbonyl (C=O) groups is 1. The van der Waals surface area contributed by atoms with E-state index in [4.69, 9.17) is 5.73 Å². The number of hydrogen-bond acceptors (Lipinski definition) is 2. The molecule has 0 aromatic carbocycles. The van der Waals surface area contributed by atoms with Gasteiger partial charge in [0.2, 0.25) is 5.91 Å². The zero-order valence-corrected chi connectivity index (χ0v) is 12.6. The quantitative estimate of drug-likeness (QED) is 0.853. The summed E-state index contributed by atoms with van der Waals surface area (Å²) in [4.78, 5) is 15.1. The summed E-state index contributed by atoms with van der Waals surface area (Å²) in [5, 5.41) is 0. The van der Waals surface area contributed by atoms with E-state index < -0.39 is 0 Å². The highest BCUT2D eigenvalue weighted by molar-refractivity contribution is 5.79. The van der Waals surface area contributed by atoms with Gasteiger partial charge < -0.3 is 10.6 Å². The molecular weight excluding hydrogens is 236 g/mol.